The monoisotopic (exact) mass is 123 g/mol. The quantitative estimate of drug-likeness (QED) is 0.484. The van der Waals surface area contributed by atoms with Gasteiger partial charge in [-0.25, -0.2) is 0 Å². The van der Waals surface area contributed by atoms with Crippen molar-refractivity contribution in [2.45, 2.75) is 6.42 Å². The summed E-state index contributed by atoms with van der Waals surface area (Å²) in [6, 6.07) is 0. The fourth-order valence-corrected chi connectivity index (χ4v) is 1.46. The molecule has 1 aliphatic rings. The first-order chi connectivity index (χ1) is 3.93. The molecule has 0 atom stereocenters. The summed E-state index contributed by atoms with van der Waals surface area (Å²) in [4.78, 5) is 0. The molecule has 42 valence electrons. The molecule has 1 N–H and O–H groups in total. The molecule has 8 heavy (non-hydrogen) atoms. The average Bonchev–Trinajstić information content (AvgIpc) is 1.90. The third kappa shape index (κ3) is 1.56. The molecule has 0 radical (unpaired) electrons. The van der Waals surface area contributed by atoms with Gasteiger partial charge in [-0.15, -0.1) is 0 Å². The Labute approximate surface area is 56.0 Å². The van der Waals surface area contributed by atoms with Crippen LogP contribution in [0, 0.1) is 0 Å². The van der Waals surface area contributed by atoms with E-state index in [9.17, 15) is 0 Å². The van der Waals surface area contributed by atoms with Gasteiger partial charge in [0.15, 0.2) is 0 Å². The van der Waals surface area contributed by atoms with Gasteiger partial charge in [0.25, 0.3) is 0 Å². The molecule has 1 nitrogen and oxygen atoms in total. The molecule has 0 aromatic rings. The summed E-state index contributed by atoms with van der Waals surface area (Å²) in [5.74, 6) is 0. The Balaban J connectivity index is 2.49. The van der Waals surface area contributed by atoms with E-state index in [-0.39, 0.29) is 0 Å². The van der Waals surface area contributed by atoms with E-state index in [1.54, 1.807) is 4.44 Å². The Morgan fingerprint density at radius 3 is 3.00 bits per heavy atom. The topological polar surface area (TPSA) is 12.0 Å². The Kier molecular flexibility index (Phi) is 2.48. The average molecular weight is 123 g/mol. The maximum absolute atomic E-state index is 3.90. The van der Waals surface area contributed by atoms with E-state index in [2.05, 4.69) is 16.8 Å². The van der Waals surface area contributed by atoms with Crippen LogP contribution in [0.15, 0.2) is 10.5 Å². The summed E-state index contributed by atoms with van der Waals surface area (Å²) in [5, 5.41) is 7.15. The zero-order valence-corrected chi connectivity index (χ0v) is 6.14. The van der Waals surface area contributed by atoms with Crippen molar-refractivity contribution in [1.82, 2.24) is 5.32 Å². The van der Waals surface area contributed by atoms with Crippen molar-refractivity contribution in [1.29, 1.82) is 0 Å². The van der Waals surface area contributed by atoms with Gasteiger partial charge < -0.3 is 0 Å². The molecule has 0 aromatic heterocycles. The van der Waals surface area contributed by atoms with Crippen LogP contribution in [0.25, 0.3) is 0 Å². The molecule has 1 heterocycles. The number of rotatable bonds is 1. The molecular weight excluding hydrogens is 113 g/mol. The zero-order valence-electron chi connectivity index (χ0n) is 4.98. The first-order valence-corrected chi connectivity index (χ1v) is 4.35. The second-order valence-electron chi connectivity index (χ2n) is 1.94. The fraction of sp³-hybridized carbons (Fsp3) is 0.500. The van der Waals surface area contributed by atoms with Crippen molar-refractivity contribution in [3.63, 3.8) is 0 Å². The molecule has 0 amide bonds. The van der Waals surface area contributed by atoms with Crippen LogP contribution in [0.3, 0.4) is 0 Å². The van der Waals surface area contributed by atoms with Crippen molar-refractivity contribution in [3.8, 4) is 0 Å². The van der Waals surface area contributed by atoms with Crippen molar-refractivity contribution >= 4 is 20.2 Å². The van der Waals surface area contributed by atoms with Crippen LogP contribution in [0.5, 0.6) is 0 Å². The summed E-state index contributed by atoms with van der Waals surface area (Å²) in [7, 11) is 0. The SMILES string of the molecule is [CH2]=[Al][C]1=CCNCC1. The standard InChI is InChI=1S/C5H8N.CH2.Al/c1-2-4-6-5-3-1;;/h2,6H,3-5H2;1H2;. The summed E-state index contributed by atoms with van der Waals surface area (Å²) < 4.78 is 1.59. The van der Waals surface area contributed by atoms with Crippen molar-refractivity contribution in [2.24, 2.45) is 0 Å². The third-order valence-electron chi connectivity index (χ3n) is 1.36. The van der Waals surface area contributed by atoms with Gasteiger partial charge in [-0.1, -0.05) is 0 Å². The molecule has 2 heteroatoms. The van der Waals surface area contributed by atoms with E-state index in [4.69, 9.17) is 0 Å². The van der Waals surface area contributed by atoms with E-state index < -0.39 is 0 Å². The zero-order chi connectivity index (χ0) is 5.82. The van der Waals surface area contributed by atoms with Gasteiger partial charge in [0.05, 0.1) is 0 Å². The van der Waals surface area contributed by atoms with Crippen molar-refractivity contribution in [2.75, 3.05) is 13.1 Å². The molecule has 0 aliphatic carbocycles. The van der Waals surface area contributed by atoms with E-state index in [0.717, 1.165) is 13.1 Å². The van der Waals surface area contributed by atoms with Crippen LogP contribution < -0.4 is 5.32 Å². The van der Waals surface area contributed by atoms with Gasteiger partial charge >= 0.3 is 55.5 Å². The molecule has 0 saturated carbocycles. The summed E-state index contributed by atoms with van der Waals surface area (Å²) in [6.07, 6.45) is 3.50. The van der Waals surface area contributed by atoms with Gasteiger partial charge in [0, 0.05) is 0 Å². The van der Waals surface area contributed by atoms with Gasteiger partial charge in [-0.2, -0.15) is 0 Å². The van der Waals surface area contributed by atoms with E-state index in [0.29, 0.717) is 14.8 Å². The van der Waals surface area contributed by atoms with Gasteiger partial charge in [0.2, 0.25) is 0 Å². The fourth-order valence-electron chi connectivity index (χ4n) is 0.826. The first-order valence-electron chi connectivity index (χ1n) is 2.95. The van der Waals surface area contributed by atoms with Crippen LogP contribution in [-0.4, -0.2) is 33.3 Å². The summed E-state index contributed by atoms with van der Waals surface area (Å²) in [5.41, 5.74) is 0. The second-order valence-corrected chi connectivity index (χ2v) is 3.09. The van der Waals surface area contributed by atoms with Gasteiger partial charge in [-0.05, 0) is 0 Å². The van der Waals surface area contributed by atoms with Crippen LogP contribution in [0.2, 0.25) is 0 Å². The molecule has 1 aliphatic heterocycles. The van der Waals surface area contributed by atoms with Crippen LogP contribution in [-0.2, 0) is 0 Å². The molecular formula is C6H10AlN. The maximum atomic E-state index is 3.90. The van der Waals surface area contributed by atoms with E-state index in [1.807, 2.05) is 0 Å². The van der Waals surface area contributed by atoms with Gasteiger partial charge in [-0.3, -0.25) is 0 Å². The molecule has 0 aromatic carbocycles. The Hall–Kier alpha value is 0.102. The number of nitrogens with one attached hydrogen (secondary N) is 1. The molecule has 0 spiro atoms. The van der Waals surface area contributed by atoms with E-state index in [1.165, 1.54) is 6.42 Å². The molecule has 0 fully saturated rings. The van der Waals surface area contributed by atoms with Crippen molar-refractivity contribution in [3.05, 3.63) is 10.5 Å². The predicted octanol–water partition coefficient (Wildman–Crippen LogP) is -0.000200. The molecule has 0 bridgehead atoms. The van der Waals surface area contributed by atoms with Crippen molar-refractivity contribution < 1.29 is 0 Å². The first kappa shape index (κ1) is 6.23. The third-order valence-corrected chi connectivity index (χ3v) is 2.41. The van der Waals surface area contributed by atoms with Crippen LogP contribution in [0.1, 0.15) is 6.42 Å². The minimum absolute atomic E-state index is 0.359. The Morgan fingerprint density at radius 1 is 1.75 bits per heavy atom. The second kappa shape index (κ2) is 3.19. The summed E-state index contributed by atoms with van der Waals surface area (Å²) in [6.45, 7) is 2.23. The minimum atomic E-state index is 0.359. The van der Waals surface area contributed by atoms with E-state index >= 15 is 0 Å². The normalized spacial score (nSPS) is 19.2. The van der Waals surface area contributed by atoms with Gasteiger partial charge in [0.1, 0.15) is 0 Å². The Bertz CT molecular complexity index is 118. The number of hydrogen-bond acceptors (Lipinski definition) is 1. The molecule has 1 rings (SSSR count). The van der Waals surface area contributed by atoms with Crippen LogP contribution >= 0.6 is 0 Å². The Morgan fingerprint density at radius 2 is 2.62 bits per heavy atom. The number of hydrogen-bond donors (Lipinski definition) is 1. The predicted molar refractivity (Wildman–Crippen MR) is 38.4 cm³/mol. The van der Waals surface area contributed by atoms with Crippen LogP contribution in [0.4, 0.5) is 0 Å². The molecule has 0 saturated heterocycles. The molecule has 0 unspecified atom stereocenters. The summed E-state index contributed by atoms with van der Waals surface area (Å²) >= 11 is 0.359.